The Morgan fingerprint density at radius 1 is 1.45 bits per heavy atom. The van der Waals surface area contributed by atoms with E-state index in [1.807, 2.05) is 0 Å². The molecule has 1 atom stereocenters. The van der Waals surface area contributed by atoms with Crippen LogP contribution in [0.1, 0.15) is 32.5 Å². The number of aromatic nitrogens is 2. The lowest BCUT2D eigenvalue weighted by atomic mass is 10.2. The third-order valence-electron chi connectivity index (χ3n) is 2.31. The number of carbonyl (C=O) groups excluding carboxylic acids is 1. The van der Waals surface area contributed by atoms with Gasteiger partial charge in [0.15, 0.2) is 0 Å². The number of hydrogen-bond acceptors (Lipinski definition) is 6. The minimum Gasteiger partial charge on any atom is -0.444 e. The second-order valence-corrected chi connectivity index (χ2v) is 6.23. The SMILES string of the molecule is CC(C)(C)OC(=O)NCCOCC(N)c1nc(Cl)ncc1Cl. The van der Waals surface area contributed by atoms with Crippen LogP contribution < -0.4 is 11.1 Å². The molecule has 22 heavy (non-hydrogen) atoms. The van der Waals surface area contributed by atoms with Gasteiger partial charge in [-0.15, -0.1) is 0 Å². The fourth-order valence-electron chi connectivity index (χ4n) is 1.45. The maximum absolute atomic E-state index is 11.4. The lowest BCUT2D eigenvalue weighted by Gasteiger charge is -2.19. The highest BCUT2D eigenvalue weighted by atomic mass is 35.5. The van der Waals surface area contributed by atoms with Gasteiger partial charge in [-0.3, -0.25) is 0 Å². The highest BCUT2D eigenvalue weighted by molar-refractivity contribution is 6.32. The van der Waals surface area contributed by atoms with Crippen molar-refractivity contribution in [3.8, 4) is 0 Å². The summed E-state index contributed by atoms with van der Waals surface area (Å²) in [7, 11) is 0. The summed E-state index contributed by atoms with van der Waals surface area (Å²) < 4.78 is 10.5. The van der Waals surface area contributed by atoms with Gasteiger partial charge in [-0.05, 0) is 32.4 Å². The normalized spacial score (nSPS) is 12.8. The molecular weight excluding hydrogens is 331 g/mol. The average Bonchev–Trinajstić information content (AvgIpc) is 2.38. The standard InChI is InChI=1S/C13H20Cl2N4O3/c1-13(2,3)22-12(20)17-4-5-21-7-9(16)10-8(14)6-18-11(15)19-10/h6,9H,4-5,7,16H2,1-3H3,(H,17,20). The van der Waals surface area contributed by atoms with Crippen molar-refractivity contribution < 1.29 is 14.3 Å². The number of rotatable bonds is 6. The van der Waals surface area contributed by atoms with Crippen LogP contribution in [0.4, 0.5) is 4.79 Å². The molecule has 0 fully saturated rings. The van der Waals surface area contributed by atoms with Crippen LogP contribution in [0.15, 0.2) is 6.20 Å². The van der Waals surface area contributed by atoms with E-state index in [1.54, 1.807) is 20.8 Å². The molecule has 1 aromatic rings. The smallest absolute Gasteiger partial charge is 0.407 e. The number of nitrogens with two attached hydrogens (primary N) is 1. The summed E-state index contributed by atoms with van der Waals surface area (Å²) in [6.07, 6.45) is 0.891. The molecule has 0 aliphatic carbocycles. The van der Waals surface area contributed by atoms with Crippen molar-refractivity contribution in [1.29, 1.82) is 0 Å². The molecule has 0 aliphatic rings. The van der Waals surface area contributed by atoms with Crippen molar-refractivity contribution in [2.45, 2.75) is 32.4 Å². The number of nitrogens with one attached hydrogen (secondary N) is 1. The van der Waals surface area contributed by atoms with E-state index in [9.17, 15) is 4.79 Å². The first kappa shape index (κ1) is 18.9. The summed E-state index contributed by atoms with van der Waals surface area (Å²) in [4.78, 5) is 19.1. The predicted molar refractivity (Wildman–Crippen MR) is 84.0 cm³/mol. The zero-order valence-electron chi connectivity index (χ0n) is 12.7. The van der Waals surface area contributed by atoms with Crippen molar-refractivity contribution in [2.24, 2.45) is 5.73 Å². The van der Waals surface area contributed by atoms with E-state index in [0.717, 1.165) is 0 Å². The molecular formula is C13H20Cl2N4O3. The third kappa shape index (κ3) is 7.22. The van der Waals surface area contributed by atoms with Crippen LogP contribution >= 0.6 is 23.2 Å². The van der Waals surface area contributed by atoms with Crippen LogP contribution in [-0.4, -0.2) is 41.4 Å². The summed E-state index contributed by atoms with van der Waals surface area (Å²) in [5, 5.41) is 2.97. The van der Waals surface area contributed by atoms with Gasteiger partial charge in [0.2, 0.25) is 5.28 Å². The Morgan fingerprint density at radius 3 is 2.77 bits per heavy atom. The van der Waals surface area contributed by atoms with Crippen LogP contribution in [0.3, 0.4) is 0 Å². The second-order valence-electron chi connectivity index (χ2n) is 5.48. The number of hydrogen-bond donors (Lipinski definition) is 2. The molecule has 0 saturated carbocycles. The van der Waals surface area contributed by atoms with E-state index in [2.05, 4.69) is 15.3 Å². The number of ether oxygens (including phenoxy) is 2. The molecule has 0 spiro atoms. The molecule has 0 aliphatic heterocycles. The van der Waals surface area contributed by atoms with Gasteiger partial charge in [0.05, 0.1) is 36.2 Å². The Morgan fingerprint density at radius 2 is 2.14 bits per heavy atom. The minimum absolute atomic E-state index is 0.0708. The number of carbonyl (C=O) groups is 1. The molecule has 0 saturated heterocycles. The Kier molecular flexibility index (Phi) is 7.28. The Labute approximate surface area is 139 Å². The van der Waals surface area contributed by atoms with Gasteiger partial charge in [0.1, 0.15) is 5.60 Å². The van der Waals surface area contributed by atoms with E-state index in [-0.39, 0.29) is 18.5 Å². The van der Waals surface area contributed by atoms with Crippen molar-refractivity contribution >= 4 is 29.3 Å². The fourth-order valence-corrected chi connectivity index (χ4v) is 1.82. The highest BCUT2D eigenvalue weighted by Crippen LogP contribution is 2.19. The average molecular weight is 351 g/mol. The monoisotopic (exact) mass is 350 g/mol. The molecule has 0 bridgehead atoms. The van der Waals surface area contributed by atoms with E-state index in [1.165, 1.54) is 6.20 Å². The van der Waals surface area contributed by atoms with E-state index in [0.29, 0.717) is 17.3 Å². The van der Waals surface area contributed by atoms with Crippen LogP contribution in [0, 0.1) is 0 Å². The summed E-state index contributed by atoms with van der Waals surface area (Å²) in [6.45, 7) is 6.14. The van der Waals surface area contributed by atoms with Crippen LogP contribution in [0.2, 0.25) is 10.3 Å². The van der Waals surface area contributed by atoms with E-state index < -0.39 is 17.7 Å². The third-order valence-corrected chi connectivity index (χ3v) is 2.78. The van der Waals surface area contributed by atoms with Gasteiger partial charge in [0, 0.05) is 6.54 Å². The van der Waals surface area contributed by atoms with Crippen molar-refractivity contribution in [1.82, 2.24) is 15.3 Å². The number of halogens is 2. The molecule has 1 rings (SSSR count). The zero-order chi connectivity index (χ0) is 16.8. The second kappa shape index (κ2) is 8.47. The van der Waals surface area contributed by atoms with Gasteiger partial charge in [-0.2, -0.15) is 0 Å². The largest absolute Gasteiger partial charge is 0.444 e. The first-order chi connectivity index (χ1) is 10.2. The molecule has 124 valence electrons. The quantitative estimate of drug-likeness (QED) is 0.603. The predicted octanol–water partition coefficient (Wildman–Crippen LogP) is 2.32. The van der Waals surface area contributed by atoms with Crippen molar-refractivity contribution in [2.75, 3.05) is 19.8 Å². The molecule has 1 unspecified atom stereocenters. The van der Waals surface area contributed by atoms with Crippen molar-refractivity contribution in [3.63, 3.8) is 0 Å². The fraction of sp³-hybridized carbons (Fsp3) is 0.615. The van der Waals surface area contributed by atoms with Crippen LogP contribution in [0.25, 0.3) is 0 Å². The molecule has 1 heterocycles. The lowest BCUT2D eigenvalue weighted by molar-refractivity contribution is 0.0495. The molecule has 7 nitrogen and oxygen atoms in total. The molecule has 0 aromatic carbocycles. The summed E-state index contributed by atoms with van der Waals surface area (Å²) in [5.41, 5.74) is 5.81. The van der Waals surface area contributed by atoms with Crippen LogP contribution in [0.5, 0.6) is 0 Å². The Balaban J connectivity index is 2.27. The highest BCUT2D eigenvalue weighted by Gasteiger charge is 2.16. The number of nitrogens with zero attached hydrogens (tertiary/aromatic N) is 2. The van der Waals surface area contributed by atoms with Crippen LogP contribution in [-0.2, 0) is 9.47 Å². The molecule has 1 aromatic heterocycles. The van der Waals surface area contributed by atoms with Crippen molar-refractivity contribution in [3.05, 3.63) is 22.2 Å². The summed E-state index contributed by atoms with van der Waals surface area (Å²) in [5.74, 6) is 0. The molecule has 3 N–H and O–H groups in total. The first-order valence-electron chi connectivity index (χ1n) is 6.67. The first-order valence-corrected chi connectivity index (χ1v) is 7.43. The van der Waals surface area contributed by atoms with Gasteiger partial charge < -0.3 is 20.5 Å². The maximum Gasteiger partial charge on any atom is 0.407 e. The summed E-state index contributed by atoms with van der Waals surface area (Å²) >= 11 is 11.6. The molecule has 1 amide bonds. The van der Waals surface area contributed by atoms with E-state index in [4.69, 9.17) is 38.4 Å². The molecule has 0 radical (unpaired) electrons. The zero-order valence-corrected chi connectivity index (χ0v) is 14.2. The summed E-state index contributed by atoms with van der Waals surface area (Å²) in [6, 6.07) is -0.533. The number of alkyl carbamates (subject to hydrolysis) is 1. The topological polar surface area (TPSA) is 99.4 Å². The molecule has 9 heteroatoms. The van der Waals surface area contributed by atoms with E-state index >= 15 is 0 Å². The lowest BCUT2D eigenvalue weighted by Crippen LogP contribution is -2.34. The van der Waals surface area contributed by atoms with Gasteiger partial charge in [-0.1, -0.05) is 11.6 Å². The minimum atomic E-state index is -0.533. The van der Waals surface area contributed by atoms with Gasteiger partial charge in [-0.25, -0.2) is 14.8 Å². The Bertz CT molecular complexity index is 509. The van der Waals surface area contributed by atoms with Gasteiger partial charge in [0.25, 0.3) is 0 Å². The van der Waals surface area contributed by atoms with Gasteiger partial charge >= 0.3 is 6.09 Å². The maximum atomic E-state index is 11.4. The Hall–Kier alpha value is -1.15. The number of amides is 1.